The van der Waals surface area contributed by atoms with Crippen molar-refractivity contribution in [2.24, 2.45) is 23.2 Å². The Labute approximate surface area is 158 Å². The van der Waals surface area contributed by atoms with Gasteiger partial charge in [-0.2, -0.15) is 5.26 Å². The van der Waals surface area contributed by atoms with Crippen molar-refractivity contribution in [2.75, 3.05) is 31.3 Å². The van der Waals surface area contributed by atoms with Gasteiger partial charge < -0.3 is 14.8 Å². The summed E-state index contributed by atoms with van der Waals surface area (Å²) in [4.78, 5) is 8.73. The second-order valence-corrected chi connectivity index (χ2v) is 9.12. The minimum Gasteiger partial charge on any atom is -0.368 e. The number of hydrogen-bond acceptors (Lipinski definition) is 7. The molecule has 5 aliphatic rings. The zero-order valence-electron chi connectivity index (χ0n) is 15.0. The Hall–Kier alpha value is -1.36. The molecular formula is C19H24N4O2S. The fourth-order valence-corrected chi connectivity index (χ4v) is 6.51. The summed E-state index contributed by atoms with van der Waals surface area (Å²) in [5.74, 6) is 2.20. The van der Waals surface area contributed by atoms with Crippen LogP contribution in [0.25, 0.3) is 0 Å². The second-order valence-electron chi connectivity index (χ2n) is 8.35. The second kappa shape index (κ2) is 6.08. The summed E-state index contributed by atoms with van der Waals surface area (Å²) in [7, 11) is 0. The first-order valence-corrected chi connectivity index (χ1v) is 10.7. The molecule has 1 aliphatic heterocycles. The molecular weight excluding hydrogens is 348 g/mol. The summed E-state index contributed by atoms with van der Waals surface area (Å²) >= 11 is 1.50. The molecule has 0 radical (unpaired) electrons. The first kappa shape index (κ1) is 16.8. The van der Waals surface area contributed by atoms with Crippen molar-refractivity contribution in [3.63, 3.8) is 0 Å². The summed E-state index contributed by atoms with van der Waals surface area (Å²) in [6, 6.07) is 2.21. The Balaban J connectivity index is 1.37. The molecule has 2 atom stereocenters. The summed E-state index contributed by atoms with van der Waals surface area (Å²) in [5, 5.41) is 13.6. The van der Waals surface area contributed by atoms with Crippen LogP contribution in [0.4, 0.5) is 5.82 Å². The standard InChI is InChI=1S/C19H24N4O2S/c1-26-17-21-10-13(9-20)16(23-17)22-11-18-6-12-4-14(7-18)19(15(5-12)8-18)24-2-3-25-19/h10,12,14-15H,2-8,11H2,1H3,(H,21,22,23). The maximum atomic E-state index is 9.37. The maximum Gasteiger partial charge on any atom is 0.189 e. The fourth-order valence-electron chi connectivity index (χ4n) is 6.17. The molecule has 5 fully saturated rings. The molecule has 1 aromatic rings. The molecule has 1 aromatic heterocycles. The number of rotatable bonds is 4. The van der Waals surface area contributed by atoms with Crippen molar-refractivity contribution >= 4 is 17.6 Å². The SMILES string of the molecule is CSc1ncc(C#N)c(NCC23CC4CC(C2)C2(OCCO2)C(C4)C3)n1. The van der Waals surface area contributed by atoms with Crippen LogP contribution in [-0.4, -0.2) is 41.8 Å². The molecule has 4 saturated carbocycles. The topological polar surface area (TPSA) is 80.1 Å². The van der Waals surface area contributed by atoms with E-state index in [1.54, 1.807) is 6.20 Å². The van der Waals surface area contributed by atoms with Gasteiger partial charge in [0.2, 0.25) is 0 Å². The number of ether oxygens (including phenoxy) is 2. The molecule has 4 aliphatic carbocycles. The van der Waals surface area contributed by atoms with Crippen LogP contribution >= 0.6 is 11.8 Å². The minimum absolute atomic E-state index is 0.272. The van der Waals surface area contributed by atoms with Crippen molar-refractivity contribution in [1.82, 2.24) is 9.97 Å². The lowest BCUT2D eigenvalue weighted by atomic mass is 9.47. The van der Waals surface area contributed by atoms with Crippen LogP contribution in [0.2, 0.25) is 0 Å². The Morgan fingerprint density at radius 1 is 1.27 bits per heavy atom. The van der Waals surface area contributed by atoms with Gasteiger partial charge >= 0.3 is 0 Å². The number of nitrogens with zero attached hydrogens (tertiary/aromatic N) is 3. The Kier molecular flexibility index (Phi) is 3.93. The van der Waals surface area contributed by atoms with Gasteiger partial charge in [0.25, 0.3) is 0 Å². The molecule has 1 saturated heterocycles. The molecule has 2 unspecified atom stereocenters. The van der Waals surface area contributed by atoms with E-state index in [2.05, 4.69) is 21.4 Å². The van der Waals surface area contributed by atoms with E-state index in [0.717, 1.165) is 38.5 Å². The van der Waals surface area contributed by atoms with E-state index in [0.29, 0.717) is 28.4 Å². The van der Waals surface area contributed by atoms with Gasteiger partial charge in [-0.3, -0.25) is 0 Å². The van der Waals surface area contributed by atoms with Crippen LogP contribution in [0.5, 0.6) is 0 Å². The van der Waals surface area contributed by atoms with Gasteiger partial charge in [-0.25, -0.2) is 9.97 Å². The number of nitriles is 1. The van der Waals surface area contributed by atoms with E-state index in [9.17, 15) is 5.26 Å². The largest absolute Gasteiger partial charge is 0.368 e. The van der Waals surface area contributed by atoms with E-state index in [4.69, 9.17) is 9.47 Å². The molecule has 6 nitrogen and oxygen atoms in total. The van der Waals surface area contributed by atoms with Crippen LogP contribution < -0.4 is 5.32 Å². The Morgan fingerprint density at radius 2 is 2.00 bits per heavy atom. The monoisotopic (exact) mass is 372 g/mol. The number of aromatic nitrogens is 2. The Morgan fingerprint density at radius 3 is 2.65 bits per heavy atom. The molecule has 1 spiro atoms. The van der Waals surface area contributed by atoms with Gasteiger partial charge in [0.05, 0.1) is 19.4 Å². The molecule has 7 heteroatoms. The normalized spacial score (nSPS) is 36.4. The van der Waals surface area contributed by atoms with Gasteiger partial charge in [0.1, 0.15) is 17.5 Å². The third kappa shape index (κ3) is 2.46. The van der Waals surface area contributed by atoms with Crippen LogP contribution in [0.15, 0.2) is 11.4 Å². The average Bonchev–Trinajstić information content (AvgIpc) is 3.15. The van der Waals surface area contributed by atoms with Crippen LogP contribution in [0, 0.1) is 34.5 Å². The zero-order valence-corrected chi connectivity index (χ0v) is 15.8. The van der Waals surface area contributed by atoms with Crippen molar-refractivity contribution in [2.45, 2.75) is 43.0 Å². The lowest BCUT2D eigenvalue weighted by Crippen LogP contribution is -2.62. The van der Waals surface area contributed by atoms with Crippen LogP contribution in [0.1, 0.15) is 37.7 Å². The lowest BCUT2D eigenvalue weighted by Gasteiger charge is -2.63. The first-order chi connectivity index (χ1) is 12.7. The summed E-state index contributed by atoms with van der Waals surface area (Å²) in [5.41, 5.74) is 0.792. The molecule has 0 amide bonds. The highest BCUT2D eigenvalue weighted by molar-refractivity contribution is 7.98. The molecule has 138 valence electrons. The van der Waals surface area contributed by atoms with Crippen molar-refractivity contribution in [3.8, 4) is 6.07 Å². The number of thioether (sulfide) groups is 1. The highest BCUT2D eigenvalue weighted by Gasteiger charge is 2.64. The number of hydrogen-bond donors (Lipinski definition) is 1. The average molecular weight is 372 g/mol. The lowest BCUT2D eigenvalue weighted by molar-refractivity contribution is -0.301. The predicted octanol–water partition coefficient (Wildman–Crippen LogP) is 3.05. The smallest absolute Gasteiger partial charge is 0.189 e. The highest BCUT2D eigenvalue weighted by atomic mass is 32.2. The van der Waals surface area contributed by atoms with Crippen molar-refractivity contribution < 1.29 is 9.47 Å². The third-order valence-corrected chi connectivity index (χ3v) is 7.46. The predicted molar refractivity (Wildman–Crippen MR) is 97.6 cm³/mol. The third-order valence-electron chi connectivity index (χ3n) is 6.89. The van der Waals surface area contributed by atoms with E-state index >= 15 is 0 Å². The van der Waals surface area contributed by atoms with Gasteiger partial charge in [0, 0.05) is 18.4 Å². The van der Waals surface area contributed by atoms with Crippen molar-refractivity contribution in [3.05, 3.63) is 11.8 Å². The molecule has 1 N–H and O–H groups in total. The van der Waals surface area contributed by atoms with E-state index in [1.165, 1.54) is 31.0 Å². The molecule has 2 heterocycles. The van der Waals surface area contributed by atoms with Gasteiger partial charge in [-0.05, 0) is 49.7 Å². The van der Waals surface area contributed by atoms with Crippen LogP contribution in [0.3, 0.4) is 0 Å². The quantitative estimate of drug-likeness (QED) is 0.643. The molecule has 6 rings (SSSR count). The van der Waals surface area contributed by atoms with E-state index in [1.807, 2.05) is 6.26 Å². The summed E-state index contributed by atoms with van der Waals surface area (Å²) < 4.78 is 12.4. The summed E-state index contributed by atoms with van der Waals surface area (Å²) in [6.45, 7) is 2.35. The fraction of sp³-hybridized carbons (Fsp3) is 0.737. The van der Waals surface area contributed by atoms with Gasteiger partial charge in [-0.15, -0.1) is 0 Å². The molecule has 4 bridgehead atoms. The van der Waals surface area contributed by atoms with Crippen LogP contribution in [-0.2, 0) is 9.47 Å². The molecule has 0 aromatic carbocycles. The first-order valence-electron chi connectivity index (χ1n) is 9.49. The minimum atomic E-state index is -0.292. The Bertz CT molecular complexity index is 740. The van der Waals surface area contributed by atoms with Crippen molar-refractivity contribution in [1.29, 1.82) is 5.26 Å². The maximum absolute atomic E-state index is 9.37. The van der Waals surface area contributed by atoms with E-state index in [-0.39, 0.29) is 11.2 Å². The van der Waals surface area contributed by atoms with Gasteiger partial charge in [0.15, 0.2) is 10.9 Å². The highest BCUT2D eigenvalue weighted by Crippen LogP contribution is 2.65. The zero-order chi connectivity index (χ0) is 17.8. The molecule has 26 heavy (non-hydrogen) atoms. The van der Waals surface area contributed by atoms with E-state index < -0.39 is 0 Å². The number of nitrogens with one attached hydrogen (secondary N) is 1. The van der Waals surface area contributed by atoms with Gasteiger partial charge in [-0.1, -0.05) is 11.8 Å². The number of anilines is 1. The summed E-state index contributed by atoms with van der Waals surface area (Å²) in [6.07, 6.45) is 9.62.